The van der Waals surface area contributed by atoms with Crippen LogP contribution in [0.2, 0.25) is 0 Å². The van der Waals surface area contributed by atoms with E-state index in [2.05, 4.69) is 0 Å². The summed E-state index contributed by atoms with van der Waals surface area (Å²) < 4.78 is 36.1. The second-order valence-electron chi connectivity index (χ2n) is 6.67. The molecule has 4 rings (SSSR count). The Morgan fingerprint density at radius 3 is 2.57 bits per heavy atom. The smallest absolute Gasteiger partial charge is 0.343 e. The Bertz CT molecular complexity index is 1160. The Morgan fingerprint density at radius 2 is 1.82 bits per heavy atom. The molecule has 28 heavy (non-hydrogen) atoms. The van der Waals surface area contributed by atoms with Crippen LogP contribution >= 0.6 is 0 Å². The van der Waals surface area contributed by atoms with Crippen LogP contribution < -0.4 is 13.8 Å². The first kappa shape index (κ1) is 18.3. The Hall–Kier alpha value is -3.06. The predicted octanol–water partition coefficient (Wildman–Crippen LogP) is 3.85. The number of ether oxygens (including phenoxy) is 1. The van der Waals surface area contributed by atoms with E-state index in [4.69, 9.17) is 8.92 Å². The van der Waals surface area contributed by atoms with Gasteiger partial charge in [-0.1, -0.05) is 18.2 Å². The molecule has 144 valence electrons. The standard InChI is InChI=1S/C21H19NO5S/c1-4-22-15-7-5-6-8-16(15)26-19(22)10-9-18-21(23)20-14(3)11-13(2)12-17(20)27-28(18,24)25/h5-12H,4H2,1-3H3. The fourth-order valence-corrected chi connectivity index (χ4v) is 4.52. The van der Waals surface area contributed by atoms with E-state index in [1.165, 1.54) is 12.2 Å². The predicted molar refractivity (Wildman–Crippen MR) is 106 cm³/mol. The van der Waals surface area contributed by atoms with E-state index in [1.807, 2.05) is 49.1 Å². The van der Waals surface area contributed by atoms with Crippen molar-refractivity contribution in [3.8, 4) is 11.5 Å². The second kappa shape index (κ2) is 6.53. The van der Waals surface area contributed by atoms with Crippen LogP contribution in [0.1, 0.15) is 28.4 Å². The monoisotopic (exact) mass is 397 g/mol. The SMILES string of the molecule is CCN1C(=CC=C2C(=O)c3c(C)cc(C)cc3OS2(=O)=O)Oc2ccccc21. The first-order chi connectivity index (χ1) is 13.3. The summed E-state index contributed by atoms with van der Waals surface area (Å²) in [6.45, 7) is 6.17. The number of allylic oxidation sites excluding steroid dienone is 3. The zero-order chi connectivity index (χ0) is 20.1. The van der Waals surface area contributed by atoms with Gasteiger partial charge < -0.3 is 13.8 Å². The van der Waals surface area contributed by atoms with Gasteiger partial charge in [-0.25, -0.2) is 0 Å². The van der Waals surface area contributed by atoms with Crippen LogP contribution in [-0.4, -0.2) is 20.7 Å². The molecule has 0 amide bonds. The first-order valence-electron chi connectivity index (χ1n) is 8.88. The van der Waals surface area contributed by atoms with Crippen molar-refractivity contribution in [2.24, 2.45) is 0 Å². The number of ketones is 1. The number of fused-ring (bicyclic) bond motifs is 2. The zero-order valence-electron chi connectivity index (χ0n) is 15.7. The van der Waals surface area contributed by atoms with E-state index in [9.17, 15) is 13.2 Å². The van der Waals surface area contributed by atoms with Gasteiger partial charge in [0.1, 0.15) is 0 Å². The van der Waals surface area contributed by atoms with Crippen molar-refractivity contribution in [2.45, 2.75) is 20.8 Å². The van der Waals surface area contributed by atoms with Crippen LogP contribution in [0.5, 0.6) is 11.5 Å². The molecule has 2 aliphatic rings. The van der Waals surface area contributed by atoms with Crippen molar-refractivity contribution < 1.29 is 22.1 Å². The molecule has 2 aromatic carbocycles. The zero-order valence-corrected chi connectivity index (χ0v) is 16.5. The molecule has 0 saturated carbocycles. The third kappa shape index (κ3) is 2.88. The number of nitrogens with zero attached hydrogens (tertiary/aromatic N) is 1. The maximum atomic E-state index is 12.9. The summed E-state index contributed by atoms with van der Waals surface area (Å²) >= 11 is 0. The van der Waals surface area contributed by atoms with Gasteiger partial charge in [0.2, 0.25) is 11.7 Å². The average molecular weight is 397 g/mol. The molecule has 6 nitrogen and oxygen atoms in total. The Morgan fingerprint density at radius 1 is 1.07 bits per heavy atom. The number of para-hydroxylation sites is 2. The number of rotatable bonds is 2. The van der Waals surface area contributed by atoms with Crippen molar-refractivity contribution in [1.29, 1.82) is 0 Å². The molecule has 2 heterocycles. The summed E-state index contributed by atoms with van der Waals surface area (Å²) in [5.41, 5.74) is 2.66. The van der Waals surface area contributed by atoms with Crippen molar-refractivity contribution in [3.63, 3.8) is 0 Å². The number of Topliss-reactive ketones (excluding diaryl/α,β-unsaturated/α-hetero) is 1. The molecular formula is C21H19NO5S. The lowest BCUT2D eigenvalue weighted by Crippen LogP contribution is -2.26. The van der Waals surface area contributed by atoms with Gasteiger partial charge in [0.05, 0.1) is 11.3 Å². The lowest BCUT2D eigenvalue weighted by atomic mass is 10.00. The summed E-state index contributed by atoms with van der Waals surface area (Å²) in [5, 5.41) is 0. The van der Waals surface area contributed by atoms with Gasteiger partial charge >= 0.3 is 10.1 Å². The Balaban J connectivity index is 1.78. The molecule has 7 heteroatoms. The average Bonchev–Trinajstić information content (AvgIpc) is 2.97. The fourth-order valence-electron chi connectivity index (χ4n) is 3.49. The molecule has 0 atom stereocenters. The van der Waals surface area contributed by atoms with E-state index in [1.54, 1.807) is 13.0 Å². The summed E-state index contributed by atoms with van der Waals surface area (Å²) in [6.07, 6.45) is 2.75. The minimum atomic E-state index is -4.21. The number of anilines is 1. The lowest BCUT2D eigenvalue weighted by molar-refractivity contribution is 0.103. The van der Waals surface area contributed by atoms with Crippen LogP contribution in [-0.2, 0) is 10.1 Å². The van der Waals surface area contributed by atoms with E-state index < -0.39 is 20.8 Å². The van der Waals surface area contributed by atoms with Crippen LogP contribution in [0.15, 0.2) is 59.3 Å². The second-order valence-corrected chi connectivity index (χ2v) is 8.19. The first-order valence-corrected chi connectivity index (χ1v) is 10.3. The summed E-state index contributed by atoms with van der Waals surface area (Å²) in [7, 11) is -4.21. The van der Waals surface area contributed by atoms with Crippen molar-refractivity contribution >= 4 is 21.6 Å². The molecule has 0 fully saturated rings. The molecule has 2 aliphatic heterocycles. The van der Waals surface area contributed by atoms with Gasteiger partial charge in [0, 0.05) is 12.6 Å². The van der Waals surface area contributed by atoms with Gasteiger partial charge in [-0.15, -0.1) is 0 Å². The maximum Gasteiger partial charge on any atom is 0.343 e. The number of hydrogen-bond acceptors (Lipinski definition) is 6. The van der Waals surface area contributed by atoms with Crippen LogP contribution in [0, 0.1) is 13.8 Å². The van der Waals surface area contributed by atoms with Gasteiger partial charge in [0.25, 0.3) is 0 Å². The van der Waals surface area contributed by atoms with E-state index >= 15 is 0 Å². The topological polar surface area (TPSA) is 72.9 Å². The van der Waals surface area contributed by atoms with Crippen LogP contribution in [0.4, 0.5) is 5.69 Å². The molecule has 0 saturated heterocycles. The molecule has 0 aliphatic carbocycles. The molecule has 0 spiro atoms. The minimum Gasteiger partial charge on any atom is -0.439 e. The highest BCUT2D eigenvalue weighted by Crippen LogP contribution is 2.39. The largest absolute Gasteiger partial charge is 0.439 e. The third-order valence-electron chi connectivity index (χ3n) is 4.69. The van der Waals surface area contributed by atoms with Crippen molar-refractivity contribution in [1.82, 2.24) is 0 Å². The lowest BCUT2D eigenvalue weighted by Gasteiger charge is -2.20. The fraction of sp³-hybridized carbons (Fsp3) is 0.190. The maximum absolute atomic E-state index is 12.9. The highest BCUT2D eigenvalue weighted by atomic mass is 32.2. The Kier molecular flexibility index (Phi) is 4.27. The van der Waals surface area contributed by atoms with Gasteiger partial charge in [0.15, 0.2) is 16.4 Å². The molecule has 0 bridgehead atoms. The number of carbonyl (C=O) groups excluding carboxylic acids is 1. The number of hydrogen-bond donors (Lipinski definition) is 0. The van der Waals surface area contributed by atoms with E-state index in [-0.39, 0.29) is 11.3 Å². The van der Waals surface area contributed by atoms with Gasteiger partial charge in [-0.2, -0.15) is 8.42 Å². The summed E-state index contributed by atoms with van der Waals surface area (Å²) in [6, 6.07) is 10.9. The molecular weight excluding hydrogens is 378 g/mol. The minimum absolute atomic E-state index is 0.0759. The molecule has 0 unspecified atom stereocenters. The third-order valence-corrected chi connectivity index (χ3v) is 5.95. The van der Waals surface area contributed by atoms with Crippen LogP contribution in [0.25, 0.3) is 0 Å². The molecule has 0 N–H and O–H groups in total. The van der Waals surface area contributed by atoms with E-state index in [0.717, 1.165) is 11.3 Å². The highest BCUT2D eigenvalue weighted by molar-refractivity contribution is 7.92. The normalized spacial score (nSPS) is 20.0. The molecule has 0 radical (unpaired) electrons. The number of carbonyl (C=O) groups is 1. The molecule has 0 aromatic heterocycles. The summed E-state index contributed by atoms with van der Waals surface area (Å²) in [5.74, 6) is 0.631. The Labute approximate surface area is 163 Å². The highest BCUT2D eigenvalue weighted by Gasteiger charge is 2.37. The molecule has 2 aromatic rings. The van der Waals surface area contributed by atoms with E-state index in [0.29, 0.717) is 23.7 Å². The number of aryl methyl sites for hydroxylation is 2. The van der Waals surface area contributed by atoms with Crippen LogP contribution in [0.3, 0.4) is 0 Å². The van der Waals surface area contributed by atoms with Gasteiger partial charge in [-0.05, 0) is 56.2 Å². The summed E-state index contributed by atoms with van der Waals surface area (Å²) in [4.78, 5) is 14.4. The van der Waals surface area contributed by atoms with Crippen molar-refractivity contribution in [3.05, 3.63) is 76.0 Å². The number of benzene rings is 2. The van der Waals surface area contributed by atoms with Gasteiger partial charge in [-0.3, -0.25) is 4.79 Å². The quantitative estimate of drug-likeness (QED) is 0.566. The van der Waals surface area contributed by atoms with Crippen molar-refractivity contribution in [2.75, 3.05) is 11.4 Å².